The van der Waals surface area contributed by atoms with Gasteiger partial charge in [0.25, 0.3) is 5.56 Å². The van der Waals surface area contributed by atoms with Crippen LogP contribution in [-0.2, 0) is 6.42 Å². The summed E-state index contributed by atoms with van der Waals surface area (Å²) < 4.78 is 35.7. The molecule has 0 atom stereocenters. The van der Waals surface area contributed by atoms with Gasteiger partial charge in [0, 0.05) is 11.8 Å². The van der Waals surface area contributed by atoms with Crippen LogP contribution in [0.15, 0.2) is 56.5 Å². The number of pyridine rings is 1. The predicted molar refractivity (Wildman–Crippen MR) is 115 cm³/mol. The minimum atomic E-state index is -1.13. The fourth-order valence-electron chi connectivity index (χ4n) is 4.23. The van der Waals surface area contributed by atoms with Crippen molar-refractivity contribution >= 4 is 21.9 Å². The van der Waals surface area contributed by atoms with Gasteiger partial charge in [0.1, 0.15) is 16.6 Å². The summed E-state index contributed by atoms with van der Waals surface area (Å²) in [5.74, 6) is -2.17. The van der Waals surface area contributed by atoms with E-state index in [9.17, 15) is 18.4 Å². The SMILES string of the molecule is NCCc1ccc2oc3cc(C4CCC4)n(-c4cccc(F)c4F)c(=O)c3c(=O)c2c1. The van der Waals surface area contributed by atoms with Crippen LogP contribution in [0.25, 0.3) is 27.6 Å². The van der Waals surface area contributed by atoms with Crippen molar-refractivity contribution in [2.75, 3.05) is 6.54 Å². The number of nitrogens with zero attached hydrogens (tertiary/aromatic N) is 1. The second-order valence-electron chi connectivity index (χ2n) is 7.95. The first-order valence-electron chi connectivity index (χ1n) is 10.3. The summed E-state index contributed by atoms with van der Waals surface area (Å²) in [4.78, 5) is 26.8. The lowest BCUT2D eigenvalue weighted by atomic mass is 9.82. The van der Waals surface area contributed by atoms with E-state index in [-0.39, 0.29) is 28.0 Å². The quantitative estimate of drug-likeness (QED) is 0.502. The molecule has 0 radical (unpaired) electrons. The molecule has 2 aromatic heterocycles. The number of nitrogens with two attached hydrogens (primary N) is 1. The van der Waals surface area contributed by atoms with Gasteiger partial charge in [-0.15, -0.1) is 0 Å². The van der Waals surface area contributed by atoms with Crippen molar-refractivity contribution in [3.05, 3.63) is 85.9 Å². The van der Waals surface area contributed by atoms with Crippen LogP contribution in [0.3, 0.4) is 0 Å². The lowest BCUT2D eigenvalue weighted by Crippen LogP contribution is -2.29. The predicted octanol–water partition coefficient (Wildman–Crippen LogP) is 4.14. The molecule has 1 fully saturated rings. The highest BCUT2D eigenvalue weighted by molar-refractivity contribution is 5.90. The zero-order chi connectivity index (χ0) is 21.7. The average molecular weight is 422 g/mol. The highest BCUT2D eigenvalue weighted by Gasteiger charge is 2.28. The van der Waals surface area contributed by atoms with E-state index in [4.69, 9.17) is 10.2 Å². The second-order valence-corrected chi connectivity index (χ2v) is 7.95. The minimum Gasteiger partial charge on any atom is -0.456 e. The van der Waals surface area contributed by atoms with Gasteiger partial charge in [-0.05, 0) is 61.6 Å². The molecule has 5 nitrogen and oxygen atoms in total. The van der Waals surface area contributed by atoms with Crippen LogP contribution in [-0.4, -0.2) is 11.1 Å². The lowest BCUT2D eigenvalue weighted by molar-refractivity contribution is 0.402. The Balaban J connectivity index is 1.89. The van der Waals surface area contributed by atoms with Crippen LogP contribution in [0, 0.1) is 11.6 Å². The molecule has 0 bridgehead atoms. The van der Waals surface area contributed by atoms with Crippen LogP contribution >= 0.6 is 0 Å². The van der Waals surface area contributed by atoms with Gasteiger partial charge in [0.05, 0.1) is 11.1 Å². The Hall–Kier alpha value is -3.32. The zero-order valence-electron chi connectivity index (χ0n) is 16.7. The van der Waals surface area contributed by atoms with Gasteiger partial charge >= 0.3 is 0 Å². The van der Waals surface area contributed by atoms with Crippen LogP contribution in [0.5, 0.6) is 0 Å². The third kappa shape index (κ3) is 3.08. The van der Waals surface area contributed by atoms with E-state index in [2.05, 4.69) is 0 Å². The summed E-state index contributed by atoms with van der Waals surface area (Å²) in [5.41, 5.74) is 6.11. The fourth-order valence-corrected chi connectivity index (χ4v) is 4.23. The molecular formula is C24H20F2N2O3. The summed E-state index contributed by atoms with van der Waals surface area (Å²) in [6.45, 7) is 0.417. The van der Waals surface area contributed by atoms with Crippen molar-refractivity contribution in [3.8, 4) is 5.69 Å². The number of rotatable bonds is 4. The molecule has 5 rings (SSSR count). The first-order valence-corrected chi connectivity index (χ1v) is 10.3. The number of halogens is 2. The highest BCUT2D eigenvalue weighted by Crippen LogP contribution is 2.38. The Bertz CT molecular complexity index is 1450. The van der Waals surface area contributed by atoms with E-state index in [1.165, 1.54) is 12.1 Å². The molecule has 158 valence electrons. The molecule has 2 aromatic carbocycles. The summed E-state index contributed by atoms with van der Waals surface area (Å²) in [6, 6.07) is 10.5. The molecule has 1 aliphatic carbocycles. The summed E-state index contributed by atoms with van der Waals surface area (Å²) in [6.07, 6.45) is 3.20. The summed E-state index contributed by atoms with van der Waals surface area (Å²) in [5, 5.41) is 0.0855. The Labute approximate surface area is 175 Å². The first kappa shape index (κ1) is 19.6. The third-order valence-electron chi connectivity index (χ3n) is 6.06. The molecule has 2 N–H and O–H groups in total. The smallest absolute Gasteiger partial charge is 0.270 e. The topological polar surface area (TPSA) is 78.2 Å². The number of aromatic nitrogens is 1. The van der Waals surface area contributed by atoms with Crippen molar-refractivity contribution in [2.24, 2.45) is 5.73 Å². The van der Waals surface area contributed by atoms with Crippen LogP contribution in [0.1, 0.15) is 36.4 Å². The molecule has 1 saturated carbocycles. The van der Waals surface area contributed by atoms with Gasteiger partial charge in [-0.2, -0.15) is 0 Å². The van der Waals surface area contributed by atoms with E-state index in [0.717, 1.165) is 35.5 Å². The summed E-state index contributed by atoms with van der Waals surface area (Å²) in [7, 11) is 0. The van der Waals surface area contributed by atoms with E-state index >= 15 is 0 Å². The third-order valence-corrected chi connectivity index (χ3v) is 6.06. The largest absolute Gasteiger partial charge is 0.456 e. The number of hydrogen-bond acceptors (Lipinski definition) is 4. The van der Waals surface area contributed by atoms with Crippen molar-refractivity contribution in [1.82, 2.24) is 4.57 Å². The molecular weight excluding hydrogens is 402 g/mol. The molecule has 0 aliphatic heterocycles. The van der Waals surface area contributed by atoms with Crippen LogP contribution in [0.2, 0.25) is 0 Å². The van der Waals surface area contributed by atoms with Gasteiger partial charge < -0.3 is 10.2 Å². The van der Waals surface area contributed by atoms with E-state index in [0.29, 0.717) is 24.2 Å². The molecule has 31 heavy (non-hydrogen) atoms. The standard InChI is InChI=1S/C24H20F2N2O3/c25-16-5-2-6-17(22(16)26)28-18(14-3-1-4-14)12-20-21(24(28)30)23(29)15-11-13(9-10-27)7-8-19(15)31-20/h2,5-8,11-12,14H,1,3-4,9-10,27H2. The van der Waals surface area contributed by atoms with Gasteiger partial charge in [-0.25, -0.2) is 8.78 Å². The zero-order valence-corrected chi connectivity index (χ0v) is 16.7. The van der Waals surface area contributed by atoms with Gasteiger partial charge in [0.15, 0.2) is 11.6 Å². The Morgan fingerprint density at radius 3 is 2.58 bits per heavy atom. The maximum absolute atomic E-state index is 14.7. The molecule has 0 unspecified atom stereocenters. The van der Waals surface area contributed by atoms with Crippen molar-refractivity contribution in [2.45, 2.75) is 31.6 Å². The van der Waals surface area contributed by atoms with Crippen LogP contribution in [0.4, 0.5) is 8.78 Å². The summed E-state index contributed by atoms with van der Waals surface area (Å²) >= 11 is 0. The maximum atomic E-state index is 14.7. The van der Waals surface area contributed by atoms with Gasteiger partial charge in [-0.3, -0.25) is 14.2 Å². The lowest BCUT2D eigenvalue weighted by Gasteiger charge is -2.28. The molecule has 2 heterocycles. The first-order chi connectivity index (χ1) is 15.0. The van der Waals surface area contributed by atoms with E-state index < -0.39 is 22.6 Å². The number of benzene rings is 2. The molecule has 1 aliphatic rings. The monoisotopic (exact) mass is 422 g/mol. The van der Waals surface area contributed by atoms with Gasteiger partial charge in [0.2, 0.25) is 5.43 Å². The van der Waals surface area contributed by atoms with Crippen molar-refractivity contribution in [3.63, 3.8) is 0 Å². The Morgan fingerprint density at radius 2 is 1.87 bits per heavy atom. The van der Waals surface area contributed by atoms with Crippen molar-refractivity contribution in [1.29, 1.82) is 0 Å². The van der Waals surface area contributed by atoms with E-state index in [1.807, 2.05) is 6.07 Å². The molecule has 0 spiro atoms. The van der Waals surface area contributed by atoms with Gasteiger partial charge in [-0.1, -0.05) is 18.6 Å². The molecule has 4 aromatic rings. The number of fused-ring (bicyclic) bond motifs is 2. The minimum absolute atomic E-state index is 0.00713. The normalized spacial score (nSPS) is 14.3. The maximum Gasteiger partial charge on any atom is 0.270 e. The van der Waals surface area contributed by atoms with Crippen LogP contribution < -0.4 is 16.7 Å². The molecule has 0 saturated heterocycles. The second kappa shape index (κ2) is 7.42. The number of hydrogen-bond donors (Lipinski definition) is 1. The highest BCUT2D eigenvalue weighted by atomic mass is 19.2. The average Bonchev–Trinajstić information content (AvgIpc) is 2.70. The fraction of sp³-hybridized carbons (Fsp3) is 0.250. The Kier molecular flexibility index (Phi) is 4.70. The van der Waals surface area contributed by atoms with E-state index in [1.54, 1.807) is 18.2 Å². The molecule has 7 heteroatoms. The molecule has 0 amide bonds. The Morgan fingerprint density at radius 1 is 1.06 bits per heavy atom. The van der Waals surface area contributed by atoms with Crippen molar-refractivity contribution < 1.29 is 13.2 Å².